The number of aliphatic imine (C=N–C) groups is 1. The van der Waals surface area contributed by atoms with Gasteiger partial charge in [0.2, 0.25) is 6.04 Å². The SMILES string of the molecule is CCOC(=O)[C@]1(c2ccc3ccccc3c2)OC(C)=NC1C(F)(F)F. The molecule has 0 saturated carbocycles. The van der Waals surface area contributed by atoms with Gasteiger partial charge in [-0.1, -0.05) is 36.4 Å². The minimum atomic E-state index is -4.77. The van der Waals surface area contributed by atoms with Crippen LogP contribution in [0.1, 0.15) is 19.4 Å². The van der Waals surface area contributed by atoms with E-state index in [1.54, 1.807) is 18.2 Å². The predicted molar refractivity (Wildman–Crippen MR) is 86.3 cm³/mol. The van der Waals surface area contributed by atoms with Gasteiger partial charge in [0.1, 0.15) is 0 Å². The van der Waals surface area contributed by atoms with E-state index in [2.05, 4.69) is 4.99 Å². The van der Waals surface area contributed by atoms with Gasteiger partial charge in [0.15, 0.2) is 5.90 Å². The lowest BCUT2D eigenvalue weighted by Crippen LogP contribution is -2.52. The highest BCUT2D eigenvalue weighted by Crippen LogP contribution is 2.45. The van der Waals surface area contributed by atoms with Gasteiger partial charge in [0, 0.05) is 12.5 Å². The van der Waals surface area contributed by atoms with Crippen LogP contribution in [0.15, 0.2) is 47.5 Å². The average molecular weight is 351 g/mol. The number of carbonyl (C=O) groups is 1. The van der Waals surface area contributed by atoms with Gasteiger partial charge in [0.05, 0.1) is 6.61 Å². The van der Waals surface area contributed by atoms with Crippen LogP contribution < -0.4 is 0 Å². The van der Waals surface area contributed by atoms with E-state index < -0.39 is 23.8 Å². The Morgan fingerprint density at radius 3 is 2.56 bits per heavy atom. The number of esters is 1. The number of rotatable bonds is 3. The van der Waals surface area contributed by atoms with E-state index in [9.17, 15) is 18.0 Å². The lowest BCUT2D eigenvalue weighted by atomic mass is 9.85. The molecule has 1 heterocycles. The van der Waals surface area contributed by atoms with Crippen LogP contribution in [0.3, 0.4) is 0 Å². The van der Waals surface area contributed by atoms with Gasteiger partial charge in [0.25, 0.3) is 5.60 Å². The number of hydrogen-bond donors (Lipinski definition) is 0. The van der Waals surface area contributed by atoms with Crippen molar-refractivity contribution >= 4 is 22.6 Å². The number of alkyl halides is 3. The molecular formula is C18H16F3NO3. The summed E-state index contributed by atoms with van der Waals surface area (Å²) in [5, 5.41) is 1.53. The summed E-state index contributed by atoms with van der Waals surface area (Å²) in [6.07, 6.45) is -4.77. The lowest BCUT2D eigenvalue weighted by Gasteiger charge is -2.32. The van der Waals surface area contributed by atoms with Gasteiger partial charge in [-0.05, 0) is 23.8 Å². The molecule has 0 amide bonds. The Labute approximate surface area is 142 Å². The molecule has 132 valence electrons. The van der Waals surface area contributed by atoms with Gasteiger partial charge in [-0.25, -0.2) is 9.79 Å². The molecule has 1 aliphatic heterocycles. The second-order valence-electron chi connectivity index (χ2n) is 5.71. The summed E-state index contributed by atoms with van der Waals surface area (Å²) >= 11 is 0. The minimum absolute atomic E-state index is 0.0626. The van der Waals surface area contributed by atoms with Gasteiger partial charge < -0.3 is 9.47 Å². The molecule has 2 aromatic carbocycles. The molecule has 0 bridgehead atoms. The number of benzene rings is 2. The van der Waals surface area contributed by atoms with Crippen molar-refractivity contribution in [3.63, 3.8) is 0 Å². The fraction of sp³-hybridized carbons (Fsp3) is 0.333. The smallest absolute Gasteiger partial charge is 0.415 e. The van der Waals surface area contributed by atoms with E-state index in [0.29, 0.717) is 5.39 Å². The van der Waals surface area contributed by atoms with Crippen molar-refractivity contribution < 1.29 is 27.4 Å². The van der Waals surface area contributed by atoms with Gasteiger partial charge in [-0.3, -0.25) is 0 Å². The van der Waals surface area contributed by atoms with E-state index in [0.717, 1.165) is 5.39 Å². The number of carbonyl (C=O) groups excluding carboxylic acids is 1. The van der Waals surface area contributed by atoms with Crippen molar-refractivity contribution in [3.05, 3.63) is 48.0 Å². The van der Waals surface area contributed by atoms with E-state index in [-0.39, 0.29) is 18.1 Å². The first kappa shape index (κ1) is 17.3. The molecule has 0 fully saturated rings. The number of ether oxygens (including phenoxy) is 2. The van der Waals surface area contributed by atoms with Crippen LogP contribution in [0.5, 0.6) is 0 Å². The van der Waals surface area contributed by atoms with Crippen molar-refractivity contribution in [3.8, 4) is 0 Å². The van der Waals surface area contributed by atoms with Crippen LogP contribution in [-0.4, -0.2) is 30.7 Å². The maximum absolute atomic E-state index is 13.6. The number of fused-ring (bicyclic) bond motifs is 1. The molecule has 0 N–H and O–H groups in total. The highest BCUT2D eigenvalue weighted by atomic mass is 19.4. The zero-order valence-electron chi connectivity index (χ0n) is 13.6. The monoisotopic (exact) mass is 351 g/mol. The normalized spacial score (nSPS) is 23.2. The summed E-state index contributed by atoms with van der Waals surface area (Å²) in [5.74, 6) is -1.31. The lowest BCUT2D eigenvalue weighted by molar-refractivity contribution is -0.201. The standard InChI is InChI=1S/C18H16F3NO3/c1-3-24-16(23)17(15(18(19,20)21)22-11(2)25-17)14-9-8-12-6-4-5-7-13(12)10-14/h4-10,15H,3H2,1-2H3/t15?,17-/m1/s1. The Hall–Kier alpha value is -2.57. The van der Waals surface area contributed by atoms with Crippen LogP contribution in [0.4, 0.5) is 13.2 Å². The average Bonchev–Trinajstić information content (AvgIpc) is 2.93. The highest BCUT2D eigenvalue weighted by Gasteiger charge is 2.65. The first-order valence-electron chi connectivity index (χ1n) is 7.75. The summed E-state index contributed by atoms with van der Waals surface area (Å²) in [4.78, 5) is 16.1. The summed E-state index contributed by atoms with van der Waals surface area (Å²) < 4.78 is 51.2. The van der Waals surface area contributed by atoms with E-state index >= 15 is 0 Å². The molecule has 0 spiro atoms. The van der Waals surface area contributed by atoms with Crippen LogP contribution in [-0.2, 0) is 19.9 Å². The molecule has 25 heavy (non-hydrogen) atoms. The van der Waals surface area contributed by atoms with Gasteiger partial charge in [-0.2, -0.15) is 13.2 Å². The van der Waals surface area contributed by atoms with Gasteiger partial charge >= 0.3 is 12.1 Å². The molecule has 3 rings (SSSR count). The third-order valence-corrected chi connectivity index (χ3v) is 4.07. The summed E-state index contributed by atoms with van der Waals surface area (Å²) in [6, 6.07) is 9.42. The molecule has 0 saturated heterocycles. The Balaban J connectivity index is 2.22. The van der Waals surface area contributed by atoms with Crippen LogP contribution in [0.25, 0.3) is 10.8 Å². The minimum Gasteiger partial charge on any atom is -0.463 e. The van der Waals surface area contributed by atoms with E-state index in [1.165, 1.54) is 26.0 Å². The van der Waals surface area contributed by atoms with Crippen LogP contribution in [0.2, 0.25) is 0 Å². The molecule has 0 aromatic heterocycles. The summed E-state index contributed by atoms with van der Waals surface area (Å²) in [7, 11) is 0. The number of halogens is 3. The molecule has 2 aromatic rings. The number of nitrogens with zero attached hydrogens (tertiary/aromatic N) is 1. The Morgan fingerprint density at radius 2 is 1.92 bits per heavy atom. The van der Waals surface area contributed by atoms with Crippen LogP contribution in [0, 0.1) is 0 Å². The summed E-state index contributed by atoms with van der Waals surface area (Å²) in [6.45, 7) is 2.75. The van der Waals surface area contributed by atoms with E-state index in [4.69, 9.17) is 9.47 Å². The quantitative estimate of drug-likeness (QED) is 0.786. The first-order chi connectivity index (χ1) is 11.8. The molecule has 1 aliphatic rings. The molecule has 2 atom stereocenters. The molecule has 0 radical (unpaired) electrons. The van der Waals surface area contributed by atoms with Crippen molar-refractivity contribution in [2.45, 2.75) is 31.7 Å². The Morgan fingerprint density at radius 1 is 1.24 bits per heavy atom. The maximum atomic E-state index is 13.6. The molecular weight excluding hydrogens is 335 g/mol. The molecule has 7 heteroatoms. The highest BCUT2D eigenvalue weighted by molar-refractivity contribution is 5.92. The third-order valence-electron chi connectivity index (χ3n) is 4.07. The first-order valence-corrected chi connectivity index (χ1v) is 7.75. The predicted octanol–water partition coefficient (Wildman–Crippen LogP) is 3.98. The largest absolute Gasteiger partial charge is 0.463 e. The summed E-state index contributed by atoms with van der Waals surface area (Å²) in [5.41, 5.74) is -2.31. The van der Waals surface area contributed by atoms with Crippen molar-refractivity contribution in [1.82, 2.24) is 0 Å². The Bertz CT molecular complexity index is 847. The van der Waals surface area contributed by atoms with Crippen molar-refractivity contribution in [1.29, 1.82) is 0 Å². The molecule has 4 nitrogen and oxygen atoms in total. The fourth-order valence-electron chi connectivity index (χ4n) is 3.04. The maximum Gasteiger partial charge on any atom is 0.415 e. The second kappa shape index (κ2) is 6.06. The van der Waals surface area contributed by atoms with E-state index in [1.807, 2.05) is 12.1 Å². The van der Waals surface area contributed by atoms with Gasteiger partial charge in [-0.15, -0.1) is 0 Å². The zero-order chi connectivity index (χ0) is 18.2. The fourth-order valence-corrected chi connectivity index (χ4v) is 3.04. The third kappa shape index (κ3) is 2.83. The van der Waals surface area contributed by atoms with Crippen LogP contribution >= 0.6 is 0 Å². The van der Waals surface area contributed by atoms with Crippen molar-refractivity contribution in [2.75, 3.05) is 6.61 Å². The van der Waals surface area contributed by atoms with Crippen molar-refractivity contribution in [2.24, 2.45) is 4.99 Å². The zero-order valence-corrected chi connectivity index (χ0v) is 13.6. The Kier molecular flexibility index (Phi) is 4.18. The number of hydrogen-bond acceptors (Lipinski definition) is 4. The topological polar surface area (TPSA) is 47.9 Å². The second-order valence-corrected chi connectivity index (χ2v) is 5.71. The molecule has 0 aliphatic carbocycles. The molecule has 1 unspecified atom stereocenters.